The molecule has 9 nitrogen and oxygen atoms in total. The summed E-state index contributed by atoms with van der Waals surface area (Å²) >= 11 is 1.31. The Hall–Kier alpha value is -3.24. The molecular weight excluding hydrogens is 464 g/mol. The number of nitrogens with zero attached hydrogens (tertiary/aromatic N) is 4. The molecule has 186 valence electrons. The highest BCUT2D eigenvalue weighted by atomic mass is 32.2. The van der Waals surface area contributed by atoms with Gasteiger partial charge in [0.1, 0.15) is 0 Å². The van der Waals surface area contributed by atoms with Crippen molar-refractivity contribution in [2.45, 2.75) is 51.1 Å². The highest BCUT2D eigenvalue weighted by molar-refractivity contribution is 8.00. The average Bonchev–Trinajstić information content (AvgIpc) is 3.25. The predicted octanol–water partition coefficient (Wildman–Crippen LogP) is 3.62. The number of benzene rings is 1. The molecule has 0 radical (unpaired) electrons. The van der Waals surface area contributed by atoms with Gasteiger partial charge in [-0.25, -0.2) is 0 Å². The molecule has 1 atom stereocenters. The summed E-state index contributed by atoms with van der Waals surface area (Å²) in [4.78, 5) is 29.2. The molecule has 2 amide bonds. The van der Waals surface area contributed by atoms with Crippen molar-refractivity contribution in [2.75, 3.05) is 25.1 Å². The lowest BCUT2D eigenvalue weighted by Gasteiger charge is -2.15. The van der Waals surface area contributed by atoms with Crippen LogP contribution < -0.4 is 10.6 Å². The third-order valence-electron chi connectivity index (χ3n) is 5.35. The van der Waals surface area contributed by atoms with Crippen LogP contribution in [0.5, 0.6) is 0 Å². The second-order valence-corrected chi connectivity index (χ2v) is 9.35. The Bertz CT molecular complexity index is 1120. The van der Waals surface area contributed by atoms with Crippen molar-refractivity contribution in [1.29, 1.82) is 0 Å². The normalized spacial score (nSPS) is 11.8. The topological polar surface area (TPSA) is 111 Å². The van der Waals surface area contributed by atoms with E-state index in [2.05, 4.69) is 25.8 Å². The van der Waals surface area contributed by atoms with Crippen molar-refractivity contribution in [1.82, 2.24) is 25.1 Å². The fourth-order valence-electron chi connectivity index (χ4n) is 3.48. The number of aromatic nitrogens is 4. The van der Waals surface area contributed by atoms with E-state index < -0.39 is 5.25 Å². The Kier molecular flexibility index (Phi) is 9.80. The van der Waals surface area contributed by atoms with E-state index in [0.29, 0.717) is 30.7 Å². The van der Waals surface area contributed by atoms with Gasteiger partial charge in [0.25, 0.3) is 0 Å². The molecule has 1 aromatic carbocycles. The quantitative estimate of drug-likeness (QED) is 0.291. The molecule has 1 unspecified atom stereocenters. The lowest BCUT2D eigenvalue weighted by atomic mass is 10.1. The fraction of sp³-hybridized carbons (Fsp3) is 0.400. The number of carbonyl (C=O) groups is 2. The lowest BCUT2D eigenvalue weighted by molar-refractivity contribution is -0.123. The first-order valence-corrected chi connectivity index (χ1v) is 12.5. The van der Waals surface area contributed by atoms with Crippen LogP contribution in [0, 0.1) is 13.8 Å². The number of anilines is 1. The Balaban J connectivity index is 1.62. The van der Waals surface area contributed by atoms with Gasteiger partial charge in [0.15, 0.2) is 11.0 Å². The SMILES string of the molecule is CCOCCCn1c(SC(C)C(=O)NCC(=O)Nc2c(C)cccc2C)nnc1-c1ccncc1. The number of aryl methyl sites for hydroxylation is 2. The van der Waals surface area contributed by atoms with Gasteiger partial charge >= 0.3 is 0 Å². The van der Waals surface area contributed by atoms with Gasteiger partial charge in [-0.05, 0) is 57.4 Å². The minimum atomic E-state index is -0.469. The minimum Gasteiger partial charge on any atom is -0.382 e. The van der Waals surface area contributed by atoms with E-state index in [4.69, 9.17) is 4.74 Å². The maximum Gasteiger partial charge on any atom is 0.243 e. The molecule has 10 heteroatoms. The smallest absolute Gasteiger partial charge is 0.243 e. The van der Waals surface area contributed by atoms with Crippen LogP contribution in [0.1, 0.15) is 31.4 Å². The number of pyridine rings is 1. The Morgan fingerprint density at radius 2 is 1.83 bits per heavy atom. The average molecular weight is 497 g/mol. The van der Waals surface area contributed by atoms with Gasteiger partial charge in [-0.15, -0.1) is 10.2 Å². The van der Waals surface area contributed by atoms with Crippen LogP contribution in [0.2, 0.25) is 0 Å². The van der Waals surface area contributed by atoms with Gasteiger partial charge < -0.3 is 19.9 Å². The zero-order chi connectivity index (χ0) is 25.2. The number of hydrogen-bond donors (Lipinski definition) is 2. The number of thioether (sulfide) groups is 1. The maximum absolute atomic E-state index is 12.7. The highest BCUT2D eigenvalue weighted by Gasteiger charge is 2.21. The number of nitrogens with one attached hydrogen (secondary N) is 2. The lowest BCUT2D eigenvalue weighted by Crippen LogP contribution is -2.37. The number of para-hydroxylation sites is 1. The molecule has 0 saturated heterocycles. The highest BCUT2D eigenvalue weighted by Crippen LogP contribution is 2.27. The molecular formula is C25H32N6O3S. The molecule has 0 aliphatic carbocycles. The number of hydrogen-bond acceptors (Lipinski definition) is 7. The summed E-state index contributed by atoms with van der Waals surface area (Å²) in [5, 5.41) is 14.5. The largest absolute Gasteiger partial charge is 0.382 e. The number of ether oxygens (including phenoxy) is 1. The molecule has 35 heavy (non-hydrogen) atoms. The zero-order valence-corrected chi connectivity index (χ0v) is 21.4. The van der Waals surface area contributed by atoms with Crippen LogP contribution in [0.4, 0.5) is 5.69 Å². The summed E-state index contributed by atoms with van der Waals surface area (Å²) in [5.41, 5.74) is 3.62. The molecule has 0 bridgehead atoms. The Morgan fingerprint density at radius 3 is 2.51 bits per heavy atom. The second-order valence-electron chi connectivity index (χ2n) is 8.04. The van der Waals surface area contributed by atoms with Gasteiger partial charge in [0.05, 0.1) is 11.8 Å². The van der Waals surface area contributed by atoms with E-state index >= 15 is 0 Å². The first-order valence-electron chi connectivity index (χ1n) is 11.6. The first-order chi connectivity index (χ1) is 16.9. The molecule has 0 fully saturated rings. The molecule has 3 aromatic rings. The summed E-state index contributed by atoms with van der Waals surface area (Å²) < 4.78 is 7.47. The maximum atomic E-state index is 12.7. The Labute approximate surface area is 210 Å². The Morgan fingerprint density at radius 1 is 1.11 bits per heavy atom. The summed E-state index contributed by atoms with van der Waals surface area (Å²) in [7, 11) is 0. The molecule has 2 heterocycles. The van der Waals surface area contributed by atoms with Crippen LogP contribution in [-0.4, -0.2) is 56.6 Å². The molecule has 0 spiro atoms. The molecule has 0 saturated carbocycles. The van der Waals surface area contributed by atoms with E-state index in [1.807, 2.05) is 55.7 Å². The molecule has 2 aromatic heterocycles. The number of carbonyl (C=O) groups excluding carboxylic acids is 2. The minimum absolute atomic E-state index is 0.110. The van der Waals surface area contributed by atoms with Gasteiger partial charge in [0, 0.05) is 43.4 Å². The first kappa shape index (κ1) is 26.4. The van der Waals surface area contributed by atoms with Crippen LogP contribution >= 0.6 is 11.8 Å². The van der Waals surface area contributed by atoms with Crippen molar-refractivity contribution >= 4 is 29.3 Å². The predicted molar refractivity (Wildman–Crippen MR) is 137 cm³/mol. The van der Waals surface area contributed by atoms with Crippen molar-refractivity contribution in [3.05, 3.63) is 53.9 Å². The molecule has 0 aliphatic rings. The van der Waals surface area contributed by atoms with E-state index in [1.54, 1.807) is 19.3 Å². The van der Waals surface area contributed by atoms with Gasteiger partial charge in [0.2, 0.25) is 11.8 Å². The molecule has 0 aliphatic heterocycles. The summed E-state index contributed by atoms with van der Waals surface area (Å²) in [6, 6.07) is 9.57. The molecule has 3 rings (SSSR count). The van der Waals surface area contributed by atoms with Gasteiger partial charge in [-0.2, -0.15) is 0 Å². The van der Waals surface area contributed by atoms with Gasteiger partial charge in [-0.1, -0.05) is 30.0 Å². The van der Waals surface area contributed by atoms with Crippen molar-refractivity contribution in [3.63, 3.8) is 0 Å². The van der Waals surface area contributed by atoms with Gasteiger partial charge in [-0.3, -0.25) is 14.6 Å². The van der Waals surface area contributed by atoms with Crippen molar-refractivity contribution in [2.24, 2.45) is 0 Å². The summed E-state index contributed by atoms with van der Waals surface area (Å²) in [5.74, 6) is 0.194. The zero-order valence-electron chi connectivity index (χ0n) is 20.6. The van der Waals surface area contributed by atoms with Crippen LogP contribution in [0.25, 0.3) is 11.4 Å². The second kappa shape index (κ2) is 13.0. The fourth-order valence-corrected chi connectivity index (χ4v) is 4.38. The third-order valence-corrected chi connectivity index (χ3v) is 6.43. The number of amides is 2. The van der Waals surface area contributed by atoms with Crippen LogP contribution in [-0.2, 0) is 20.9 Å². The van der Waals surface area contributed by atoms with E-state index in [0.717, 1.165) is 28.8 Å². The number of rotatable bonds is 12. The summed E-state index contributed by atoms with van der Waals surface area (Å²) in [6.07, 6.45) is 4.21. The molecule has 2 N–H and O–H groups in total. The van der Waals surface area contributed by atoms with E-state index in [9.17, 15) is 9.59 Å². The van der Waals surface area contributed by atoms with E-state index in [1.165, 1.54) is 11.8 Å². The van der Waals surface area contributed by atoms with Crippen molar-refractivity contribution in [3.8, 4) is 11.4 Å². The van der Waals surface area contributed by atoms with Crippen molar-refractivity contribution < 1.29 is 14.3 Å². The standard InChI is InChI=1S/C25H32N6O3S/c1-5-34-15-7-14-31-23(20-10-12-26-13-11-20)29-30-25(31)35-19(4)24(33)27-16-21(32)28-22-17(2)8-6-9-18(22)3/h6,8-13,19H,5,7,14-16H2,1-4H3,(H,27,33)(H,28,32). The summed E-state index contributed by atoms with van der Waals surface area (Å²) in [6.45, 7) is 9.45. The van der Waals surface area contributed by atoms with E-state index in [-0.39, 0.29) is 18.4 Å². The monoisotopic (exact) mass is 496 g/mol. The van der Waals surface area contributed by atoms with Crippen LogP contribution in [0.15, 0.2) is 47.9 Å². The van der Waals surface area contributed by atoms with Crippen LogP contribution in [0.3, 0.4) is 0 Å². The third kappa shape index (κ3) is 7.37.